The first-order valence-corrected chi connectivity index (χ1v) is 12.3. The van der Waals surface area contributed by atoms with Crippen molar-refractivity contribution in [2.75, 3.05) is 5.32 Å². The lowest BCUT2D eigenvalue weighted by atomic mass is 10.1. The maximum atomic E-state index is 16.0. The topological polar surface area (TPSA) is 125 Å². The third-order valence-corrected chi connectivity index (χ3v) is 6.23. The Bertz CT molecular complexity index is 1860. The van der Waals surface area contributed by atoms with Gasteiger partial charge in [-0.25, -0.2) is 23.7 Å². The van der Waals surface area contributed by atoms with E-state index in [0.717, 1.165) is 0 Å². The summed E-state index contributed by atoms with van der Waals surface area (Å²) in [7, 11) is 0. The normalized spacial score (nSPS) is 11.5. The fraction of sp³-hybridized carbons (Fsp3) is 0.143. The molecule has 0 radical (unpaired) electrons. The molecule has 0 unspecified atom stereocenters. The quantitative estimate of drug-likeness (QED) is 0.250. The summed E-state index contributed by atoms with van der Waals surface area (Å²) in [6.07, 6.45) is 6.29. The van der Waals surface area contributed by atoms with Crippen molar-refractivity contribution in [2.45, 2.75) is 20.3 Å². The smallest absolute Gasteiger partial charge is 0.224 e. The second-order valence-corrected chi connectivity index (χ2v) is 9.51. The van der Waals surface area contributed by atoms with Crippen LogP contribution in [0.1, 0.15) is 20.3 Å². The molecule has 0 bridgehead atoms. The highest BCUT2D eigenvalue weighted by Crippen LogP contribution is 2.35. The Balaban J connectivity index is 1.43. The van der Waals surface area contributed by atoms with Crippen molar-refractivity contribution in [3.63, 3.8) is 0 Å². The van der Waals surface area contributed by atoms with E-state index < -0.39 is 11.6 Å². The molecule has 0 aliphatic carbocycles. The first-order valence-electron chi connectivity index (χ1n) is 12.3. The lowest BCUT2D eigenvalue weighted by Crippen LogP contribution is -2.14. The Morgan fingerprint density at radius 3 is 2.67 bits per heavy atom. The van der Waals surface area contributed by atoms with Gasteiger partial charge in [0.25, 0.3) is 0 Å². The number of nitrogens with zero attached hydrogens (tertiary/aromatic N) is 5. The summed E-state index contributed by atoms with van der Waals surface area (Å²) in [5, 5.41) is 9.93. The fourth-order valence-corrected chi connectivity index (χ4v) is 4.49. The molecule has 5 heterocycles. The van der Waals surface area contributed by atoms with Crippen LogP contribution in [0.25, 0.3) is 56.0 Å². The lowest BCUT2D eigenvalue weighted by molar-refractivity contribution is -0.116. The minimum Gasteiger partial charge on any atom is -0.325 e. The van der Waals surface area contributed by atoms with Crippen LogP contribution in [-0.4, -0.2) is 41.0 Å². The van der Waals surface area contributed by atoms with Crippen molar-refractivity contribution in [1.82, 2.24) is 35.1 Å². The second-order valence-electron chi connectivity index (χ2n) is 9.51. The largest absolute Gasteiger partial charge is 0.325 e. The number of imidazole rings is 1. The number of hydrogen-bond acceptors (Lipinski definition) is 6. The van der Waals surface area contributed by atoms with Crippen LogP contribution < -0.4 is 5.32 Å². The van der Waals surface area contributed by atoms with Crippen LogP contribution in [0.5, 0.6) is 0 Å². The number of halogens is 2. The molecule has 6 aromatic rings. The van der Waals surface area contributed by atoms with Crippen molar-refractivity contribution < 1.29 is 13.6 Å². The lowest BCUT2D eigenvalue weighted by Gasteiger charge is -2.09. The van der Waals surface area contributed by atoms with E-state index in [1.807, 2.05) is 13.8 Å². The average molecular weight is 525 g/mol. The number of fused-ring (bicyclic) bond motifs is 2. The number of aromatic nitrogens is 7. The first-order chi connectivity index (χ1) is 18.9. The summed E-state index contributed by atoms with van der Waals surface area (Å²) in [4.78, 5) is 32.7. The molecule has 0 spiro atoms. The molecule has 0 aliphatic rings. The van der Waals surface area contributed by atoms with E-state index in [0.29, 0.717) is 40.0 Å². The number of carbonyl (C=O) groups excluding carboxylic acids is 1. The van der Waals surface area contributed by atoms with Crippen molar-refractivity contribution in [3.8, 4) is 33.8 Å². The van der Waals surface area contributed by atoms with Gasteiger partial charge in [0, 0.05) is 47.3 Å². The van der Waals surface area contributed by atoms with Gasteiger partial charge >= 0.3 is 0 Å². The Hall–Kier alpha value is -5.06. The van der Waals surface area contributed by atoms with Crippen LogP contribution in [0.15, 0.2) is 61.2 Å². The van der Waals surface area contributed by atoms with Gasteiger partial charge in [-0.1, -0.05) is 32.0 Å². The molecule has 1 amide bonds. The molecule has 1 aromatic carbocycles. The van der Waals surface area contributed by atoms with Crippen LogP contribution in [0.4, 0.5) is 14.5 Å². The van der Waals surface area contributed by atoms with Crippen LogP contribution >= 0.6 is 0 Å². The summed E-state index contributed by atoms with van der Waals surface area (Å²) in [5.74, 6) is -0.683. The van der Waals surface area contributed by atoms with Gasteiger partial charge in [0.1, 0.15) is 22.8 Å². The van der Waals surface area contributed by atoms with E-state index >= 15 is 4.39 Å². The van der Waals surface area contributed by atoms with E-state index in [1.165, 1.54) is 24.7 Å². The van der Waals surface area contributed by atoms with Gasteiger partial charge in [-0.15, -0.1) is 0 Å². The number of benzene rings is 1. The Kier molecular flexibility index (Phi) is 6.02. The van der Waals surface area contributed by atoms with E-state index in [2.05, 4.69) is 40.4 Å². The van der Waals surface area contributed by atoms with E-state index in [-0.39, 0.29) is 39.9 Å². The van der Waals surface area contributed by atoms with Crippen LogP contribution in [0.3, 0.4) is 0 Å². The fourth-order valence-electron chi connectivity index (χ4n) is 4.49. The summed E-state index contributed by atoms with van der Waals surface area (Å²) >= 11 is 0. The predicted octanol–water partition coefficient (Wildman–Crippen LogP) is 5.89. The number of H-pyrrole nitrogens is 2. The van der Waals surface area contributed by atoms with Gasteiger partial charge in [-0.3, -0.25) is 14.9 Å². The van der Waals surface area contributed by atoms with Crippen LogP contribution in [-0.2, 0) is 4.79 Å². The Morgan fingerprint density at radius 1 is 1.00 bits per heavy atom. The number of pyridine rings is 3. The minimum atomic E-state index is -0.584. The Labute approximate surface area is 220 Å². The number of carbonyl (C=O) groups is 1. The molecule has 0 saturated heterocycles. The van der Waals surface area contributed by atoms with Crippen molar-refractivity contribution in [3.05, 3.63) is 72.8 Å². The van der Waals surface area contributed by atoms with Gasteiger partial charge in [0.15, 0.2) is 17.1 Å². The SMILES string of the molecule is CC(C)CC(=O)Nc1cncc(-c2cnc3[nH]nc(-c4nc5c(-c6ccccc6F)ccnc5[nH]4)c3c2F)c1. The predicted molar refractivity (Wildman–Crippen MR) is 143 cm³/mol. The number of nitrogens with one attached hydrogen (secondary N) is 3. The highest BCUT2D eigenvalue weighted by molar-refractivity contribution is 5.97. The summed E-state index contributed by atoms with van der Waals surface area (Å²) in [6, 6.07) is 9.70. The highest BCUT2D eigenvalue weighted by Gasteiger charge is 2.22. The molecular formula is C28H22F2N8O. The summed E-state index contributed by atoms with van der Waals surface area (Å²) in [5.41, 5.74) is 3.23. The Morgan fingerprint density at radius 2 is 1.85 bits per heavy atom. The average Bonchev–Trinajstić information content (AvgIpc) is 3.53. The molecule has 0 atom stereocenters. The molecule has 0 saturated carbocycles. The molecule has 6 rings (SSSR count). The number of anilines is 1. The number of amides is 1. The molecule has 3 N–H and O–H groups in total. The second kappa shape index (κ2) is 9.67. The molecule has 9 nitrogen and oxygen atoms in total. The standard InChI is InChI=1S/C28H22F2N8O/c1-14(2)9-21(39)34-16-10-15(11-31-12-16)19-13-33-26-22(23(19)30)25(37-38-26)28-35-24-18(7-8-32-27(24)36-28)17-5-3-4-6-20(17)29/h3-8,10-14H,9H2,1-2H3,(H,34,39)(H,32,35,36)(H,33,37,38). The van der Waals surface area contributed by atoms with Crippen molar-refractivity contribution in [1.29, 1.82) is 0 Å². The summed E-state index contributed by atoms with van der Waals surface area (Å²) in [6.45, 7) is 3.90. The van der Waals surface area contributed by atoms with Gasteiger partial charge in [-0.2, -0.15) is 5.10 Å². The first kappa shape index (κ1) is 24.3. The maximum absolute atomic E-state index is 16.0. The van der Waals surface area contributed by atoms with Gasteiger partial charge < -0.3 is 10.3 Å². The zero-order valence-electron chi connectivity index (χ0n) is 21.0. The van der Waals surface area contributed by atoms with Crippen molar-refractivity contribution >= 4 is 33.8 Å². The minimum absolute atomic E-state index is 0.119. The monoisotopic (exact) mass is 524 g/mol. The molecule has 11 heteroatoms. The summed E-state index contributed by atoms with van der Waals surface area (Å²) < 4.78 is 30.6. The number of hydrogen-bond donors (Lipinski definition) is 3. The number of rotatable bonds is 6. The van der Waals surface area contributed by atoms with Gasteiger partial charge in [0.05, 0.1) is 17.3 Å². The van der Waals surface area contributed by atoms with E-state index in [4.69, 9.17) is 0 Å². The zero-order valence-corrected chi connectivity index (χ0v) is 21.0. The van der Waals surface area contributed by atoms with E-state index in [9.17, 15) is 9.18 Å². The van der Waals surface area contributed by atoms with Crippen molar-refractivity contribution in [2.24, 2.45) is 5.92 Å². The molecular weight excluding hydrogens is 502 g/mol. The number of aromatic amines is 2. The molecule has 5 aromatic heterocycles. The molecule has 39 heavy (non-hydrogen) atoms. The van der Waals surface area contributed by atoms with E-state index in [1.54, 1.807) is 36.5 Å². The third kappa shape index (κ3) is 4.48. The van der Waals surface area contributed by atoms with Gasteiger partial charge in [-0.05, 0) is 24.1 Å². The molecule has 0 aliphatic heterocycles. The maximum Gasteiger partial charge on any atom is 0.224 e. The van der Waals surface area contributed by atoms with Crippen LogP contribution in [0, 0.1) is 17.6 Å². The van der Waals surface area contributed by atoms with Crippen LogP contribution in [0.2, 0.25) is 0 Å². The zero-order chi connectivity index (χ0) is 27.1. The van der Waals surface area contributed by atoms with Gasteiger partial charge in [0.2, 0.25) is 5.91 Å². The molecule has 194 valence electrons. The third-order valence-electron chi connectivity index (χ3n) is 6.23. The highest BCUT2D eigenvalue weighted by atomic mass is 19.1. The molecule has 0 fully saturated rings.